The van der Waals surface area contributed by atoms with Crippen LogP contribution in [0.1, 0.15) is 37.3 Å². The molecule has 3 atom stereocenters. The number of nitrogens with one attached hydrogen (secondary N) is 2. The molecule has 0 saturated heterocycles. The van der Waals surface area contributed by atoms with E-state index >= 15 is 0 Å². The highest BCUT2D eigenvalue weighted by atomic mass is 16.5. The normalized spacial score (nSPS) is 15.1. The first-order valence-corrected chi connectivity index (χ1v) is 10.6. The average Bonchev–Trinajstić information content (AvgIpc) is 3.12. The Kier molecular flexibility index (Phi) is 7.48. The number of carbonyl (C=O) groups excluding carboxylic acids is 2. The lowest BCUT2D eigenvalue weighted by molar-refractivity contribution is -0.143. The topological polar surface area (TPSA) is 125 Å². The first-order valence-electron chi connectivity index (χ1n) is 10.6. The summed E-state index contributed by atoms with van der Waals surface area (Å²) in [5.41, 5.74) is 4.37. The van der Waals surface area contributed by atoms with Gasteiger partial charge in [-0.25, -0.2) is 9.59 Å². The van der Waals surface area contributed by atoms with Gasteiger partial charge in [-0.15, -0.1) is 0 Å². The van der Waals surface area contributed by atoms with E-state index in [1.54, 1.807) is 6.92 Å². The Bertz CT molecular complexity index is 946. The summed E-state index contributed by atoms with van der Waals surface area (Å²) in [6, 6.07) is 13.5. The molecule has 8 heteroatoms. The molecule has 1 unspecified atom stereocenters. The molecule has 2 amide bonds. The minimum atomic E-state index is -1.45. The number of benzene rings is 2. The van der Waals surface area contributed by atoms with Crippen LogP contribution in [0.2, 0.25) is 0 Å². The van der Waals surface area contributed by atoms with E-state index in [0.29, 0.717) is 6.42 Å². The zero-order valence-electron chi connectivity index (χ0n) is 18.1. The molecule has 1 aliphatic carbocycles. The lowest BCUT2D eigenvalue weighted by atomic mass is 9.98. The Morgan fingerprint density at radius 3 is 2.06 bits per heavy atom. The summed E-state index contributed by atoms with van der Waals surface area (Å²) in [6.07, 6.45) is -0.193. The molecule has 0 radical (unpaired) electrons. The molecule has 8 nitrogen and oxygen atoms in total. The molecular formula is C24H28N2O6. The van der Waals surface area contributed by atoms with Crippen LogP contribution in [0.15, 0.2) is 48.5 Å². The fourth-order valence-electron chi connectivity index (χ4n) is 3.92. The molecular weight excluding hydrogens is 412 g/mol. The fourth-order valence-corrected chi connectivity index (χ4v) is 3.92. The average molecular weight is 440 g/mol. The number of hydrogen-bond donors (Lipinski definition) is 4. The van der Waals surface area contributed by atoms with E-state index in [9.17, 15) is 14.4 Å². The maximum absolute atomic E-state index is 12.6. The Morgan fingerprint density at radius 2 is 1.56 bits per heavy atom. The van der Waals surface area contributed by atoms with Gasteiger partial charge in [-0.2, -0.15) is 0 Å². The molecule has 32 heavy (non-hydrogen) atoms. The van der Waals surface area contributed by atoms with Gasteiger partial charge in [-0.1, -0.05) is 68.8 Å². The minimum absolute atomic E-state index is 0.100. The molecule has 4 N–H and O–H groups in total. The zero-order chi connectivity index (χ0) is 23.3. The molecule has 0 spiro atoms. The summed E-state index contributed by atoms with van der Waals surface area (Å²) >= 11 is 0. The minimum Gasteiger partial charge on any atom is -0.480 e. The molecule has 0 heterocycles. The first-order chi connectivity index (χ1) is 15.4. The number of ether oxygens (including phenoxy) is 1. The third-order valence-corrected chi connectivity index (χ3v) is 5.91. The van der Waals surface area contributed by atoms with Crippen LogP contribution in [0, 0.1) is 5.92 Å². The van der Waals surface area contributed by atoms with Crippen LogP contribution in [-0.4, -0.2) is 53.5 Å². The summed E-state index contributed by atoms with van der Waals surface area (Å²) in [6.45, 7) is 2.97. The second-order valence-electron chi connectivity index (χ2n) is 7.92. The van der Waals surface area contributed by atoms with Gasteiger partial charge in [0.25, 0.3) is 0 Å². The number of amides is 2. The van der Waals surface area contributed by atoms with Gasteiger partial charge in [0, 0.05) is 5.92 Å². The van der Waals surface area contributed by atoms with Crippen molar-refractivity contribution in [2.24, 2.45) is 5.92 Å². The van der Waals surface area contributed by atoms with Crippen LogP contribution in [0.4, 0.5) is 4.79 Å². The highest BCUT2D eigenvalue weighted by Gasteiger charge is 2.32. The lowest BCUT2D eigenvalue weighted by Gasteiger charge is -2.25. The monoisotopic (exact) mass is 440 g/mol. The van der Waals surface area contributed by atoms with E-state index in [0.717, 1.165) is 22.3 Å². The van der Waals surface area contributed by atoms with Crippen molar-refractivity contribution in [1.82, 2.24) is 10.6 Å². The number of aliphatic hydroxyl groups is 1. The summed E-state index contributed by atoms with van der Waals surface area (Å²) in [5.74, 6) is -2.43. The van der Waals surface area contributed by atoms with E-state index in [1.807, 2.05) is 55.5 Å². The van der Waals surface area contributed by atoms with E-state index in [-0.39, 0.29) is 18.4 Å². The molecule has 2 aromatic carbocycles. The molecule has 0 bridgehead atoms. The third-order valence-electron chi connectivity index (χ3n) is 5.91. The Balaban J connectivity index is 1.68. The summed E-state index contributed by atoms with van der Waals surface area (Å²) in [4.78, 5) is 36.3. The smallest absolute Gasteiger partial charge is 0.407 e. The number of carboxylic acids is 1. The molecule has 0 aromatic heterocycles. The van der Waals surface area contributed by atoms with Gasteiger partial charge in [0.2, 0.25) is 5.91 Å². The van der Waals surface area contributed by atoms with Crippen molar-refractivity contribution in [2.45, 2.75) is 38.3 Å². The number of rotatable bonds is 9. The predicted octanol–water partition coefficient (Wildman–Crippen LogP) is 2.50. The quantitative estimate of drug-likeness (QED) is 0.475. The Labute approximate surface area is 186 Å². The second kappa shape index (κ2) is 10.3. The van der Waals surface area contributed by atoms with Crippen molar-refractivity contribution in [3.05, 3.63) is 59.7 Å². The number of carboxylic acid groups (broad SMARTS) is 1. The summed E-state index contributed by atoms with van der Waals surface area (Å²) < 4.78 is 5.50. The number of fused-ring (bicyclic) bond motifs is 3. The van der Waals surface area contributed by atoms with Gasteiger partial charge >= 0.3 is 12.1 Å². The van der Waals surface area contributed by atoms with Crippen LogP contribution >= 0.6 is 0 Å². The van der Waals surface area contributed by atoms with Crippen LogP contribution in [0.3, 0.4) is 0 Å². The van der Waals surface area contributed by atoms with Crippen molar-refractivity contribution in [2.75, 3.05) is 13.2 Å². The standard InChI is InChI=1S/C24H28N2O6/c1-3-14(2)21(22(28)25-20(12-27)23(29)30)26-24(31)32-13-19-17-10-6-4-8-15(17)16-9-5-7-11-18(16)19/h4-11,14,19-21,27H,3,12-13H2,1-2H3,(H,25,28)(H,26,31)(H,29,30)/t14?,20-,21+/m1/s1. The number of aliphatic hydroxyl groups excluding tert-OH is 1. The van der Waals surface area contributed by atoms with Crippen molar-refractivity contribution >= 4 is 18.0 Å². The van der Waals surface area contributed by atoms with Crippen molar-refractivity contribution in [1.29, 1.82) is 0 Å². The molecule has 0 fully saturated rings. The van der Waals surface area contributed by atoms with Crippen molar-refractivity contribution in [3.63, 3.8) is 0 Å². The van der Waals surface area contributed by atoms with Gasteiger partial charge in [0.15, 0.2) is 0 Å². The maximum Gasteiger partial charge on any atom is 0.407 e. The van der Waals surface area contributed by atoms with E-state index in [2.05, 4.69) is 10.6 Å². The van der Waals surface area contributed by atoms with E-state index < -0.39 is 36.7 Å². The third kappa shape index (κ3) is 4.91. The summed E-state index contributed by atoms with van der Waals surface area (Å²) in [7, 11) is 0. The van der Waals surface area contributed by atoms with Crippen molar-refractivity contribution < 1.29 is 29.3 Å². The SMILES string of the molecule is CCC(C)[C@H](NC(=O)OCC1c2ccccc2-c2ccccc21)C(=O)N[C@H](CO)C(=O)O. The second-order valence-corrected chi connectivity index (χ2v) is 7.92. The van der Waals surface area contributed by atoms with E-state index in [1.165, 1.54) is 0 Å². The van der Waals surface area contributed by atoms with Crippen LogP contribution in [0.25, 0.3) is 11.1 Å². The molecule has 3 rings (SSSR count). The highest BCUT2D eigenvalue weighted by molar-refractivity contribution is 5.89. The van der Waals surface area contributed by atoms with Gasteiger partial charge in [-0.05, 0) is 28.2 Å². The number of hydrogen-bond acceptors (Lipinski definition) is 5. The molecule has 0 saturated carbocycles. The maximum atomic E-state index is 12.6. The zero-order valence-corrected chi connectivity index (χ0v) is 18.1. The fraction of sp³-hybridized carbons (Fsp3) is 0.375. The highest BCUT2D eigenvalue weighted by Crippen LogP contribution is 2.44. The lowest BCUT2D eigenvalue weighted by Crippen LogP contribution is -2.55. The summed E-state index contributed by atoms with van der Waals surface area (Å²) in [5, 5.41) is 23.0. The van der Waals surface area contributed by atoms with E-state index in [4.69, 9.17) is 14.9 Å². The largest absolute Gasteiger partial charge is 0.480 e. The first kappa shape index (κ1) is 23.3. The van der Waals surface area contributed by atoms with Crippen LogP contribution in [0.5, 0.6) is 0 Å². The number of carbonyl (C=O) groups is 3. The van der Waals surface area contributed by atoms with Gasteiger partial charge < -0.3 is 25.6 Å². The van der Waals surface area contributed by atoms with Crippen LogP contribution in [-0.2, 0) is 14.3 Å². The van der Waals surface area contributed by atoms with Gasteiger partial charge in [0.05, 0.1) is 6.61 Å². The van der Waals surface area contributed by atoms with Gasteiger partial charge in [-0.3, -0.25) is 4.79 Å². The Hall–Kier alpha value is -3.39. The molecule has 170 valence electrons. The number of alkyl carbamates (subject to hydrolysis) is 1. The number of aliphatic carboxylic acids is 1. The van der Waals surface area contributed by atoms with Gasteiger partial charge in [0.1, 0.15) is 18.7 Å². The molecule has 0 aliphatic heterocycles. The van der Waals surface area contributed by atoms with Crippen molar-refractivity contribution in [3.8, 4) is 11.1 Å². The molecule has 2 aromatic rings. The molecule has 1 aliphatic rings. The van der Waals surface area contributed by atoms with Crippen LogP contribution < -0.4 is 10.6 Å². The Morgan fingerprint density at radius 1 is 1.00 bits per heavy atom. The predicted molar refractivity (Wildman–Crippen MR) is 118 cm³/mol.